The predicted octanol–water partition coefficient (Wildman–Crippen LogP) is -0.111. The Morgan fingerprint density at radius 3 is 2.92 bits per heavy atom. The molecule has 0 aliphatic rings. The molecule has 0 unspecified atom stereocenters. The highest BCUT2D eigenvalue weighted by molar-refractivity contribution is 5.71. The molecule has 12 heavy (non-hydrogen) atoms. The van der Waals surface area contributed by atoms with Crippen LogP contribution < -0.4 is 5.56 Å². The Kier molecular flexibility index (Phi) is 2.23. The van der Waals surface area contributed by atoms with E-state index in [4.69, 9.17) is 5.11 Å². The van der Waals surface area contributed by atoms with Crippen molar-refractivity contribution in [2.24, 2.45) is 0 Å². The van der Waals surface area contributed by atoms with Gasteiger partial charge in [-0.25, -0.2) is 9.78 Å². The topological polar surface area (TPSA) is 72.2 Å². The zero-order valence-corrected chi connectivity index (χ0v) is 6.47. The van der Waals surface area contributed by atoms with Crippen LogP contribution in [-0.4, -0.2) is 20.6 Å². The van der Waals surface area contributed by atoms with E-state index in [1.165, 1.54) is 25.5 Å². The number of hydrogen-bond donors (Lipinski definition) is 1. The molecule has 1 N–H and O–H groups in total. The summed E-state index contributed by atoms with van der Waals surface area (Å²) in [6.45, 7) is 1.42. The van der Waals surface area contributed by atoms with Crippen LogP contribution in [0, 0.1) is 0 Å². The molecule has 0 aromatic carbocycles. The van der Waals surface area contributed by atoms with Gasteiger partial charge in [0.05, 0.1) is 6.33 Å². The Bertz CT molecular complexity index is 345. The number of rotatable bonds is 2. The lowest BCUT2D eigenvalue weighted by Crippen LogP contribution is -2.27. The van der Waals surface area contributed by atoms with Crippen LogP contribution in [0.15, 0.2) is 23.4 Å². The standard InChI is InChI=1S/C7H8N2O3/c1-5(7(11)12)9-4-8-3-2-6(9)10/h2-5H,1H3,(H,11,12)/t5-/m0/s1. The minimum Gasteiger partial charge on any atom is -0.480 e. The van der Waals surface area contributed by atoms with Gasteiger partial charge in [-0.15, -0.1) is 0 Å². The molecular weight excluding hydrogens is 160 g/mol. The number of aliphatic carboxylic acids is 1. The molecule has 1 heterocycles. The number of carboxylic acids is 1. The van der Waals surface area contributed by atoms with Crippen molar-refractivity contribution in [1.82, 2.24) is 9.55 Å². The molecule has 0 aliphatic heterocycles. The van der Waals surface area contributed by atoms with Gasteiger partial charge >= 0.3 is 5.97 Å². The second kappa shape index (κ2) is 3.17. The fourth-order valence-electron chi connectivity index (χ4n) is 0.770. The van der Waals surface area contributed by atoms with E-state index in [-0.39, 0.29) is 5.56 Å². The molecule has 1 rings (SSSR count). The lowest BCUT2D eigenvalue weighted by molar-refractivity contribution is -0.140. The van der Waals surface area contributed by atoms with Crippen molar-refractivity contribution in [2.45, 2.75) is 13.0 Å². The minimum atomic E-state index is -1.05. The zero-order valence-electron chi connectivity index (χ0n) is 6.47. The molecule has 5 nitrogen and oxygen atoms in total. The third-order valence-corrected chi connectivity index (χ3v) is 1.52. The normalized spacial score (nSPS) is 12.4. The van der Waals surface area contributed by atoms with Crippen LogP contribution in [0.3, 0.4) is 0 Å². The van der Waals surface area contributed by atoms with E-state index in [0.29, 0.717) is 0 Å². The molecule has 0 saturated carbocycles. The molecule has 1 atom stereocenters. The van der Waals surface area contributed by atoms with Crippen molar-refractivity contribution in [1.29, 1.82) is 0 Å². The lowest BCUT2D eigenvalue weighted by Gasteiger charge is -2.07. The van der Waals surface area contributed by atoms with Crippen molar-refractivity contribution >= 4 is 5.97 Å². The Balaban J connectivity index is 3.11. The maximum absolute atomic E-state index is 11.0. The Hall–Kier alpha value is -1.65. The van der Waals surface area contributed by atoms with Gasteiger partial charge in [0.1, 0.15) is 6.04 Å². The number of nitrogens with zero attached hydrogens (tertiary/aromatic N) is 2. The summed E-state index contributed by atoms with van der Waals surface area (Å²) in [5.41, 5.74) is -0.361. The molecule has 64 valence electrons. The highest BCUT2D eigenvalue weighted by atomic mass is 16.4. The average molecular weight is 168 g/mol. The van der Waals surface area contributed by atoms with Gasteiger partial charge in [0.2, 0.25) is 0 Å². The van der Waals surface area contributed by atoms with Crippen LogP contribution in [0.2, 0.25) is 0 Å². The van der Waals surface area contributed by atoms with Crippen LogP contribution in [0.4, 0.5) is 0 Å². The van der Waals surface area contributed by atoms with Crippen LogP contribution in [0.5, 0.6) is 0 Å². The van der Waals surface area contributed by atoms with E-state index in [0.717, 1.165) is 4.57 Å². The summed E-state index contributed by atoms with van der Waals surface area (Å²) in [5, 5.41) is 8.57. The van der Waals surface area contributed by atoms with Crippen LogP contribution in [0.1, 0.15) is 13.0 Å². The first-order valence-electron chi connectivity index (χ1n) is 3.38. The van der Waals surface area contributed by atoms with Crippen LogP contribution in [-0.2, 0) is 4.79 Å². The maximum Gasteiger partial charge on any atom is 0.326 e. The second-order valence-corrected chi connectivity index (χ2v) is 2.34. The maximum atomic E-state index is 11.0. The van der Waals surface area contributed by atoms with Gasteiger partial charge in [0.15, 0.2) is 0 Å². The summed E-state index contributed by atoms with van der Waals surface area (Å²) in [7, 11) is 0. The van der Waals surface area contributed by atoms with E-state index < -0.39 is 12.0 Å². The Morgan fingerprint density at radius 2 is 2.42 bits per heavy atom. The fraction of sp³-hybridized carbons (Fsp3) is 0.286. The van der Waals surface area contributed by atoms with Crippen LogP contribution >= 0.6 is 0 Å². The quantitative estimate of drug-likeness (QED) is 0.668. The van der Waals surface area contributed by atoms with Crippen molar-refractivity contribution in [2.75, 3.05) is 0 Å². The van der Waals surface area contributed by atoms with Gasteiger partial charge in [-0.05, 0) is 6.92 Å². The van der Waals surface area contributed by atoms with Gasteiger partial charge in [-0.3, -0.25) is 9.36 Å². The second-order valence-electron chi connectivity index (χ2n) is 2.34. The number of carbonyl (C=O) groups is 1. The summed E-state index contributed by atoms with van der Waals surface area (Å²) < 4.78 is 1.06. The molecule has 0 spiro atoms. The Labute approximate surface area is 68.3 Å². The van der Waals surface area contributed by atoms with Gasteiger partial charge < -0.3 is 5.11 Å². The molecule has 5 heteroatoms. The summed E-state index contributed by atoms with van der Waals surface area (Å²) in [6.07, 6.45) is 2.54. The number of carboxylic acid groups (broad SMARTS) is 1. The molecule has 0 saturated heterocycles. The van der Waals surface area contributed by atoms with E-state index >= 15 is 0 Å². The van der Waals surface area contributed by atoms with E-state index in [9.17, 15) is 9.59 Å². The SMILES string of the molecule is C[C@@H](C(=O)O)n1cnccc1=O. The van der Waals surface area contributed by atoms with E-state index in [1.54, 1.807) is 0 Å². The molecule has 0 radical (unpaired) electrons. The van der Waals surface area contributed by atoms with Crippen molar-refractivity contribution < 1.29 is 9.90 Å². The summed E-state index contributed by atoms with van der Waals surface area (Å²) in [5.74, 6) is -1.05. The molecule has 0 bridgehead atoms. The highest BCUT2D eigenvalue weighted by Gasteiger charge is 2.13. The molecule has 0 aliphatic carbocycles. The highest BCUT2D eigenvalue weighted by Crippen LogP contribution is 1.98. The molecule has 1 aromatic rings. The smallest absolute Gasteiger partial charge is 0.326 e. The monoisotopic (exact) mass is 168 g/mol. The summed E-state index contributed by atoms with van der Waals surface area (Å²) >= 11 is 0. The van der Waals surface area contributed by atoms with Gasteiger partial charge in [-0.1, -0.05) is 0 Å². The lowest BCUT2D eigenvalue weighted by atomic mass is 10.3. The largest absolute Gasteiger partial charge is 0.480 e. The third-order valence-electron chi connectivity index (χ3n) is 1.52. The third kappa shape index (κ3) is 1.50. The fourth-order valence-corrected chi connectivity index (χ4v) is 0.770. The van der Waals surface area contributed by atoms with Crippen molar-refractivity contribution in [3.8, 4) is 0 Å². The zero-order chi connectivity index (χ0) is 9.14. The predicted molar refractivity (Wildman–Crippen MR) is 40.8 cm³/mol. The molecule has 1 aromatic heterocycles. The number of hydrogen-bond acceptors (Lipinski definition) is 3. The van der Waals surface area contributed by atoms with E-state index in [1.807, 2.05) is 0 Å². The van der Waals surface area contributed by atoms with Gasteiger partial charge in [0.25, 0.3) is 5.56 Å². The van der Waals surface area contributed by atoms with Crippen LogP contribution in [0.25, 0.3) is 0 Å². The average Bonchev–Trinajstić information content (AvgIpc) is 2.04. The summed E-state index contributed by atoms with van der Waals surface area (Å²) in [4.78, 5) is 25.1. The van der Waals surface area contributed by atoms with Gasteiger partial charge in [-0.2, -0.15) is 0 Å². The van der Waals surface area contributed by atoms with Crippen molar-refractivity contribution in [3.63, 3.8) is 0 Å². The molecule has 0 amide bonds. The van der Waals surface area contributed by atoms with Crippen molar-refractivity contribution in [3.05, 3.63) is 28.9 Å². The summed E-state index contributed by atoms with van der Waals surface area (Å²) in [6, 6.07) is 0.352. The molecular formula is C7H8N2O3. The first-order valence-corrected chi connectivity index (χ1v) is 3.38. The molecule has 0 fully saturated rings. The first kappa shape index (κ1) is 8.45. The first-order chi connectivity index (χ1) is 5.63. The Morgan fingerprint density at radius 1 is 1.75 bits per heavy atom. The minimum absolute atomic E-state index is 0.361. The van der Waals surface area contributed by atoms with E-state index in [2.05, 4.69) is 4.98 Å². The van der Waals surface area contributed by atoms with Gasteiger partial charge in [0, 0.05) is 12.3 Å². The number of aromatic nitrogens is 2.